The van der Waals surface area contributed by atoms with Crippen molar-refractivity contribution in [2.24, 2.45) is 0 Å². The average molecular weight is 419 g/mol. The lowest BCUT2D eigenvalue weighted by Gasteiger charge is -2.31. The molecule has 3 rings (SSSR count). The Labute approximate surface area is 182 Å². The molecule has 0 aliphatic heterocycles. The van der Waals surface area contributed by atoms with E-state index in [2.05, 4.69) is 5.32 Å². The zero-order valence-electron chi connectivity index (χ0n) is 17.8. The van der Waals surface area contributed by atoms with E-state index in [9.17, 15) is 14.0 Å². The van der Waals surface area contributed by atoms with Crippen LogP contribution < -0.4 is 5.32 Å². The van der Waals surface area contributed by atoms with E-state index in [1.165, 1.54) is 6.07 Å². The van der Waals surface area contributed by atoms with E-state index in [0.717, 1.165) is 16.7 Å². The SMILES string of the molecule is CNC(=O)[C@H](Cc1ccccc1)N(Cc1ccccc1C)C(=O)Cc1ccccc1F. The number of nitrogens with one attached hydrogen (secondary N) is 1. The number of nitrogens with zero attached hydrogens (tertiary/aromatic N) is 1. The average Bonchev–Trinajstić information content (AvgIpc) is 2.79. The number of likely N-dealkylation sites (N-methyl/N-ethyl adjacent to an activating group) is 1. The van der Waals surface area contributed by atoms with Crippen LogP contribution in [-0.2, 0) is 29.0 Å². The molecule has 0 radical (unpaired) electrons. The number of carbonyl (C=O) groups excluding carboxylic acids is 2. The third kappa shape index (κ3) is 5.79. The summed E-state index contributed by atoms with van der Waals surface area (Å²) in [5.41, 5.74) is 3.25. The number of aryl methyl sites for hydroxylation is 1. The van der Waals surface area contributed by atoms with E-state index in [4.69, 9.17) is 0 Å². The standard InChI is InChI=1S/C26H27FN2O2/c1-19-10-6-7-14-22(19)18-29(25(30)17-21-13-8-9-15-23(21)27)24(26(31)28-2)16-20-11-4-3-5-12-20/h3-15,24H,16-18H2,1-2H3,(H,28,31)/t24-/m0/s1. The molecule has 31 heavy (non-hydrogen) atoms. The van der Waals surface area contributed by atoms with E-state index in [1.54, 1.807) is 30.1 Å². The molecular formula is C26H27FN2O2. The fraction of sp³-hybridized carbons (Fsp3) is 0.231. The Morgan fingerprint density at radius 1 is 0.903 bits per heavy atom. The van der Waals surface area contributed by atoms with E-state index < -0.39 is 11.9 Å². The van der Waals surface area contributed by atoms with Gasteiger partial charge >= 0.3 is 0 Å². The van der Waals surface area contributed by atoms with Crippen molar-refractivity contribution < 1.29 is 14.0 Å². The molecule has 2 amide bonds. The normalized spacial score (nSPS) is 11.6. The molecule has 0 aliphatic carbocycles. The Morgan fingerprint density at radius 3 is 2.16 bits per heavy atom. The van der Waals surface area contributed by atoms with Gasteiger partial charge in [-0.25, -0.2) is 4.39 Å². The maximum absolute atomic E-state index is 14.2. The van der Waals surface area contributed by atoms with Gasteiger partial charge in [0.05, 0.1) is 6.42 Å². The van der Waals surface area contributed by atoms with Gasteiger partial charge < -0.3 is 10.2 Å². The van der Waals surface area contributed by atoms with Gasteiger partial charge in [0.1, 0.15) is 11.9 Å². The van der Waals surface area contributed by atoms with Crippen LogP contribution in [0.3, 0.4) is 0 Å². The van der Waals surface area contributed by atoms with Gasteiger partial charge in [-0.2, -0.15) is 0 Å². The predicted octanol–water partition coefficient (Wildman–Crippen LogP) is 4.06. The summed E-state index contributed by atoms with van der Waals surface area (Å²) in [7, 11) is 1.56. The first-order valence-corrected chi connectivity index (χ1v) is 10.3. The van der Waals surface area contributed by atoms with Crippen molar-refractivity contribution in [2.75, 3.05) is 7.05 Å². The van der Waals surface area contributed by atoms with Crippen LogP contribution in [0.25, 0.3) is 0 Å². The zero-order valence-corrected chi connectivity index (χ0v) is 17.8. The highest BCUT2D eigenvalue weighted by Crippen LogP contribution is 2.19. The van der Waals surface area contributed by atoms with Crippen LogP contribution in [0.5, 0.6) is 0 Å². The lowest BCUT2D eigenvalue weighted by Crippen LogP contribution is -2.50. The zero-order chi connectivity index (χ0) is 22.2. The molecule has 0 heterocycles. The summed E-state index contributed by atoms with van der Waals surface area (Å²) in [6.45, 7) is 2.24. The fourth-order valence-corrected chi connectivity index (χ4v) is 3.60. The first kappa shape index (κ1) is 22.2. The van der Waals surface area contributed by atoms with Gasteiger partial charge in [0, 0.05) is 20.0 Å². The minimum absolute atomic E-state index is 0.110. The highest BCUT2D eigenvalue weighted by atomic mass is 19.1. The Balaban J connectivity index is 1.97. The molecule has 0 bridgehead atoms. The summed E-state index contributed by atoms with van der Waals surface area (Å²) in [5, 5.41) is 2.69. The summed E-state index contributed by atoms with van der Waals surface area (Å²) < 4.78 is 14.2. The van der Waals surface area contributed by atoms with Crippen LogP contribution in [-0.4, -0.2) is 29.8 Å². The molecule has 1 atom stereocenters. The topological polar surface area (TPSA) is 49.4 Å². The number of hydrogen-bond donors (Lipinski definition) is 1. The summed E-state index contributed by atoms with van der Waals surface area (Å²) in [6, 6.07) is 22.9. The fourth-order valence-electron chi connectivity index (χ4n) is 3.60. The van der Waals surface area contributed by atoms with E-state index in [-0.39, 0.29) is 24.8 Å². The lowest BCUT2D eigenvalue weighted by molar-refractivity contribution is -0.140. The minimum atomic E-state index is -0.716. The monoisotopic (exact) mass is 418 g/mol. The maximum Gasteiger partial charge on any atom is 0.242 e. The van der Waals surface area contributed by atoms with Gasteiger partial charge in [0.15, 0.2) is 0 Å². The molecule has 0 saturated carbocycles. The number of halogens is 1. The molecule has 1 N–H and O–H groups in total. The van der Waals surface area contributed by atoms with Crippen molar-refractivity contribution in [2.45, 2.75) is 32.4 Å². The third-order valence-corrected chi connectivity index (χ3v) is 5.42. The largest absolute Gasteiger partial charge is 0.357 e. The molecule has 3 aromatic rings. The van der Waals surface area contributed by atoms with Gasteiger partial charge in [-0.15, -0.1) is 0 Å². The molecule has 0 spiro atoms. The second-order valence-corrected chi connectivity index (χ2v) is 7.54. The van der Waals surface area contributed by atoms with Crippen molar-refractivity contribution in [1.82, 2.24) is 10.2 Å². The molecule has 4 nitrogen and oxygen atoms in total. The van der Waals surface area contributed by atoms with Gasteiger partial charge in [-0.05, 0) is 35.2 Å². The summed E-state index contributed by atoms with van der Waals surface area (Å²) in [6.07, 6.45) is 0.260. The van der Waals surface area contributed by atoms with Crippen LogP contribution in [0, 0.1) is 12.7 Å². The van der Waals surface area contributed by atoms with E-state index in [1.807, 2.05) is 61.5 Å². The Kier molecular flexibility index (Phi) is 7.55. The number of benzene rings is 3. The number of amides is 2. The van der Waals surface area contributed by atoms with Crippen LogP contribution in [0.2, 0.25) is 0 Å². The Hall–Kier alpha value is -3.47. The van der Waals surface area contributed by atoms with Gasteiger partial charge in [-0.3, -0.25) is 9.59 Å². The van der Waals surface area contributed by atoms with E-state index in [0.29, 0.717) is 12.0 Å². The predicted molar refractivity (Wildman–Crippen MR) is 120 cm³/mol. The van der Waals surface area contributed by atoms with Gasteiger partial charge in [0.25, 0.3) is 0 Å². The summed E-state index contributed by atoms with van der Waals surface area (Å²) in [5.74, 6) is -0.969. The molecule has 0 aliphatic rings. The number of hydrogen-bond acceptors (Lipinski definition) is 2. The smallest absolute Gasteiger partial charge is 0.242 e. The Morgan fingerprint density at radius 2 is 1.52 bits per heavy atom. The Bertz CT molecular complexity index is 1040. The highest BCUT2D eigenvalue weighted by Gasteiger charge is 2.30. The molecule has 0 unspecified atom stereocenters. The highest BCUT2D eigenvalue weighted by molar-refractivity contribution is 5.88. The van der Waals surface area contributed by atoms with Crippen LogP contribution >= 0.6 is 0 Å². The van der Waals surface area contributed by atoms with Crippen LogP contribution in [0.15, 0.2) is 78.9 Å². The maximum atomic E-state index is 14.2. The molecule has 3 aromatic carbocycles. The quantitative estimate of drug-likeness (QED) is 0.600. The van der Waals surface area contributed by atoms with Crippen LogP contribution in [0.4, 0.5) is 4.39 Å². The molecule has 0 saturated heterocycles. The molecule has 0 fully saturated rings. The lowest BCUT2D eigenvalue weighted by atomic mass is 10.0. The van der Waals surface area contributed by atoms with Crippen molar-refractivity contribution in [1.29, 1.82) is 0 Å². The van der Waals surface area contributed by atoms with Crippen LogP contribution in [0.1, 0.15) is 22.3 Å². The first-order chi connectivity index (χ1) is 15.0. The number of rotatable bonds is 8. The van der Waals surface area contributed by atoms with E-state index >= 15 is 0 Å². The second-order valence-electron chi connectivity index (χ2n) is 7.54. The van der Waals surface area contributed by atoms with Crippen molar-refractivity contribution in [3.05, 3.63) is 107 Å². The molecule has 5 heteroatoms. The third-order valence-electron chi connectivity index (χ3n) is 5.42. The van der Waals surface area contributed by atoms with Gasteiger partial charge in [0.2, 0.25) is 11.8 Å². The summed E-state index contributed by atoms with van der Waals surface area (Å²) in [4.78, 5) is 27.9. The minimum Gasteiger partial charge on any atom is -0.357 e. The molecular weight excluding hydrogens is 391 g/mol. The van der Waals surface area contributed by atoms with Crippen molar-refractivity contribution >= 4 is 11.8 Å². The molecule has 0 aromatic heterocycles. The van der Waals surface area contributed by atoms with Crippen molar-refractivity contribution in [3.63, 3.8) is 0 Å². The number of carbonyl (C=O) groups is 2. The first-order valence-electron chi connectivity index (χ1n) is 10.3. The summed E-state index contributed by atoms with van der Waals surface area (Å²) >= 11 is 0. The van der Waals surface area contributed by atoms with Gasteiger partial charge in [-0.1, -0.05) is 72.8 Å². The second kappa shape index (κ2) is 10.5. The van der Waals surface area contributed by atoms with Crippen molar-refractivity contribution in [3.8, 4) is 0 Å². The molecule has 160 valence electrons.